The summed E-state index contributed by atoms with van der Waals surface area (Å²) in [4.78, 5) is 2.78. The summed E-state index contributed by atoms with van der Waals surface area (Å²) in [7, 11) is 0. The molecule has 3 rings (SSSR count). The van der Waals surface area contributed by atoms with E-state index in [-0.39, 0.29) is 0 Å². The molecule has 0 aromatic heterocycles. The fourth-order valence-electron chi connectivity index (χ4n) is 3.55. The minimum Gasteiger partial charge on any atom is -0.288 e. The van der Waals surface area contributed by atoms with Gasteiger partial charge in [-0.15, -0.1) is 0 Å². The molecule has 1 heteroatoms. The van der Waals surface area contributed by atoms with Crippen LogP contribution in [0.25, 0.3) is 0 Å². The Morgan fingerprint density at radius 2 is 1.92 bits per heavy atom. The molecule has 1 aliphatic carbocycles. The molecule has 1 nitrogen and oxygen atoms in total. The van der Waals surface area contributed by atoms with Gasteiger partial charge < -0.3 is 0 Å². The van der Waals surface area contributed by atoms with Crippen LogP contribution in [0.3, 0.4) is 0 Å². The second-order valence-corrected chi connectivity index (χ2v) is 4.93. The summed E-state index contributed by atoms with van der Waals surface area (Å²) in [5.41, 5.74) is 0.527. The second kappa shape index (κ2) is 2.84. The Labute approximate surface area is 80.8 Å². The average Bonchev–Trinajstić information content (AvgIpc) is 2.73. The van der Waals surface area contributed by atoms with Crippen molar-refractivity contribution in [3.8, 4) is 0 Å². The molecule has 1 saturated carbocycles. The van der Waals surface area contributed by atoms with E-state index in [4.69, 9.17) is 0 Å². The molecule has 0 aromatic carbocycles. The van der Waals surface area contributed by atoms with E-state index in [0.717, 1.165) is 6.04 Å². The van der Waals surface area contributed by atoms with Crippen molar-refractivity contribution < 1.29 is 0 Å². The van der Waals surface area contributed by atoms with Crippen LogP contribution in [-0.4, -0.2) is 23.0 Å². The van der Waals surface area contributed by atoms with Gasteiger partial charge in [-0.3, -0.25) is 4.90 Å². The molecule has 2 heterocycles. The van der Waals surface area contributed by atoms with Crippen molar-refractivity contribution in [3.63, 3.8) is 0 Å². The molecule has 1 spiro atoms. The zero-order valence-electron chi connectivity index (χ0n) is 8.34. The third-order valence-corrected chi connectivity index (χ3v) is 4.22. The van der Waals surface area contributed by atoms with E-state index in [1.807, 2.05) is 0 Å². The first-order valence-corrected chi connectivity index (χ1v) is 5.87. The number of fused-ring (bicyclic) bond motifs is 2. The Hall–Kier alpha value is -0.300. The van der Waals surface area contributed by atoms with Crippen LogP contribution in [0.4, 0.5) is 0 Å². The smallest absolute Gasteiger partial charge is 0.0397 e. The number of hydrogen-bond donors (Lipinski definition) is 0. The summed E-state index contributed by atoms with van der Waals surface area (Å²) < 4.78 is 0. The molecule has 72 valence electrons. The van der Waals surface area contributed by atoms with E-state index in [0.29, 0.717) is 5.54 Å². The van der Waals surface area contributed by atoms with Crippen LogP contribution < -0.4 is 0 Å². The molecule has 0 bridgehead atoms. The molecular weight excluding hydrogens is 158 g/mol. The van der Waals surface area contributed by atoms with Crippen molar-refractivity contribution in [1.82, 2.24) is 4.90 Å². The Morgan fingerprint density at radius 3 is 2.77 bits per heavy atom. The highest BCUT2D eigenvalue weighted by Gasteiger charge is 2.44. The van der Waals surface area contributed by atoms with E-state index in [9.17, 15) is 0 Å². The van der Waals surface area contributed by atoms with E-state index < -0.39 is 0 Å². The highest BCUT2D eigenvalue weighted by molar-refractivity contribution is 5.21. The highest BCUT2D eigenvalue weighted by Crippen LogP contribution is 2.43. The minimum atomic E-state index is 0.527. The lowest BCUT2D eigenvalue weighted by molar-refractivity contribution is 0.113. The number of hydrogen-bond acceptors (Lipinski definition) is 1. The zero-order valence-corrected chi connectivity index (χ0v) is 8.34. The Morgan fingerprint density at radius 1 is 1.08 bits per heavy atom. The van der Waals surface area contributed by atoms with Gasteiger partial charge in [0.05, 0.1) is 0 Å². The van der Waals surface area contributed by atoms with Crippen molar-refractivity contribution in [2.24, 2.45) is 0 Å². The van der Waals surface area contributed by atoms with Crippen molar-refractivity contribution in [1.29, 1.82) is 0 Å². The fourth-order valence-corrected chi connectivity index (χ4v) is 3.55. The maximum atomic E-state index is 2.78. The number of rotatable bonds is 0. The zero-order chi connectivity index (χ0) is 8.73. The van der Waals surface area contributed by atoms with Gasteiger partial charge in [0.15, 0.2) is 0 Å². The summed E-state index contributed by atoms with van der Waals surface area (Å²) in [6.45, 7) is 1.36. The summed E-state index contributed by atoms with van der Waals surface area (Å²) >= 11 is 0. The second-order valence-electron chi connectivity index (χ2n) is 4.93. The minimum absolute atomic E-state index is 0.527. The molecule has 2 fully saturated rings. The van der Waals surface area contributed by atoms with Crippen molar-refractivity contribution >= 4 is 0 Å². The van der Waals surface area contributed by atoms with E-state index in [2.05, 4.69) is 17.1 Å². The van der Waals surface area contributed by atoms with Gasteiger partial charge in [0.2, 0.25) is 0 Å². The monoisotopic (exact) mass is 177 g/mol. The molecule has 1 atom stereocenters. The number of nitrogens with zero attached hydrogens (tertiary/aromatic N) is 1. The van der Waals surface area contributed by atoms with Crippen molar-refractivity contribution in [2.75, 3.05) is 6.54 Å². The van der Waals surface area contributed by atoms with Crippen LogP contribution in [0.2, 0.25) is 0 Å². The lowest BCUT2D eigenvalue weighted by Gasteiger charge is -2.41. The molecule has 0 aromatic rings. The van der Waals surface area contributed by atoms with Gasteiger partial charge in [-0.25, -0.2) is 0 Å². The predicted octanol–water partition coefficient (Wildman–Crippen LogP) is 2.72. The lowest BCUT2D eigenvalue weighted by atomic mass is 9.81. The van der Waals surface area contributed by atoms with Gasteiger partial charge in [0.1, 0.15) is 0 Å². The maximum absolute atomic E-state index is 2.78. The summed E-state index contributed by atoms with van der Waals surface area (Å²) in [5.74, 6) is 0. The fraction of sp³-hybridized carbons (Fsp3) is 0.833. The van der Waals surface area contributed by atoms with Crippen LogP contribution in [-0.2, 0) is 0 Å². The molecule has 1 saturated heterocycles. The normalized spacial score (nSPS) is 37.1. The summed E-state index contributed by atoms with van der Waals surface area (Å²) in [6.07, 6.45) is 15.1. The molecule has 2 aliphatic heterocycles. The third-order valence-electron chi connectivity index (χ3n) is 4.22. The van der Waals surface area contributed by atoms with Gasteiger partial charge in [-0.05, 0) is 32.2 Å². The molecule has 0 radical (unpaired) electrons. The van der Waals surface area contributed by atoms with Crippen LogP contribution >= 0.6 is 0 Å². The van der Waals surface area contributed by atoms with Crippen LogP contribution in [0.5, 0.6) is 0 Å². The molecule has 13 heavy (non-hydrogen) atoms. The average molecular weight is 177 g/mol. The van der Waals surface area contributed by atoms with E-state index in [1.165, 1.54) is 51.5 Å². The van der Waals surface area contributed by atoms with Gasteiger partial charge in [0, 0.05) is 11.6 Å². The van der Waals surface area contributed by atoms with Crippen LogP contribution in [0.1, 0.15) is 44.9 Å². The Balaban J connectivity index is 1.86. The topological polar surface area (TPSA) is 3.24 Å². The van der Waals surface area contributed by atoms with Crippen LogP contribution in [0.15, 0.2) is 12.2 Å². The Kier molecular flexibility index (Phi) is 1.76. The first kappa shape index (κ1) is 8.05. The van der Waals surface area contributed by atoms with E-state index >= 15 is 0 Å². The van der Waals surface area contributed by atoms with Crippen LogP contribution in [0, 0.1) is 0 Å². The van der Waals surface area contributed by atoms with Gasteiger partial charge in [0.25, 0.3) is 0 Å². The largest absolute Gasteiger partial charge is 0.288 e. The first-order valence-electron chi connectivity index (χ1n) is 5.87. The first-order chi connectivity index (χ1) is 6.41. The lowest BCUT2D eigenvalue weighted by Crippen LogP contribution is -2.46. The maximum Gasteiger partial charge on any atom is 0.0397 e. The quantitative estimate of drug-likeness (QED) is 0.514. The predicted molar refractivity (Wildman–Crippen MR) is 54.7 cm³/mol. The third kappa shape index (κ3) is 1.10. The molecule has 3 aliphatic rings. The van der Waals surface area contributed by atoms with Crippen molar-refractivity contribution in [2.45, 2.75) is 56.5 Å². The highest BCUT2D eigenvalue weighted by atomic mass is 15.3. The van der Waals surface area contributed by atoms with Crippen molar-refractivity contribution in [3.05, 3.63) is 12.2 Å². The standard InChI is InChI=1S/C12H19N/c1-2-7-12(8-3-1)9-6-11-5-4-10-13(11)12/h6,9,11H,1-5,7-8,10H2. The molecular formula is C12H19N. The summed E-state index contributed by atoms with van der Waals surface area (Å²) in [5, 5.41) is 0. The van der Waals surface area contributed by atoms with Gasteiger partial charge in [-0.1, -0.05) is 31.4 Å². The molecule has 0 amide bonds. The molecule has 0 N–H and O–H groups in total. The van der Waals surface area contributed by atoms with Gasteiger partial charge in [-0.2, -0.15) is 0 Å². The SMILES string of the molecule is C1=CC2(CCCCC2)N2CCCC12. The van der Waals surface area contributed by atoms with E-state index in [1.54, 1.807) is 0 Å². The Bertz CT molecular complexity index is 225. The summed E-state index contributed by atoms with van der Waals surface area (Å²) in [6, 6.07) is 0.818. The van der Waals surface area contributed by atoms with Gasteiger partial charge >= 0.3 is 0 Å². The molecule has 1 unspecified atom stereocenters.